The number of ether oxygens (including phenoxy) is 1. The Hall–Kier alpha value is -0.980. The number of thiazole rings is 1. The van der Waals surface area contributed by atoms with Crippen LogP contribution >= 0.6 is 11.3 Å². The maximum Gasteiger partial charge on any atom is 0.273 e. The fourth-order valence-corrected chi connectivity index (χ4v) is 5.48. The summed E-state index contributed by atoms with van der Waals surface area (Å²) >= 11 is 1.71. The van der Waals surface area contributed by atoms with Crippen LogP contribution in [0.3, 0.4) is 0 Å². The van der Waals surface area contributed by atoms with E-state index in [4.69, 9.17) is 9.72 Å². The van der Waals surface area contributed by atoms with Gasteiger partial charge in [-0.15, -0.1) is 0 Å². The van der Waals surface area contributed by atoms with E-state index in [1.807, 2.05) is 0 Å². The van der Waals surface area contributed by atoms with E-state index in [0.29, 0.717) is 24.3 Å². The van der Waals surface area contributed by atoms with Gasteiger partial charge in [0.25, 0.3) is 5.19 Å². The molecule has 0 radical (unpaired) electrons. The minimum Gasteiger partial charge on any atom is -0.467 e. The lowest BCUT2D eigenvalue weighted by Crippen LogP contribution is -2.46. The molecule has 6 heteroatoms. The monoisotopic (exact) mass is 375 g/mol. The van der Waals surface area contributed by atoms with Gasteiger partial charge in [0.05, 0.1) is 12.2 Å². The van der Waals surface area contributed by atoms with Crippen LogP contribution in [0.4, 0.5) is 0 Å². The second-order valence-electron chi connectivity index (χ2n) is 8.49. The van der Waals surface area contributed by atoms with Gasteiger partial charge in [-0.3, -0.25) is 9.69 Å². The van der Waals surface area contributed by atoms with Crippen LogP contribution in [0.5, 0.6) is 5.19 Å². The van der Waals surface area contributed by atoms with Gasteiger partial charge in [0.15, 0.2) is 0 Å². The molecule has 0 bridgehead atoms. The second-order valence-corrected chi connectivity index (χ2v) is 9.53. The number of nitrogens with zero attached hydrogens (tertiary/aromatic N) is 3. The highest BCUT2D eigenvalue weighted by Crippen LogP contribution is 2.34. The van der Waals surface area contributed by atoms with E-state index in [-0.39, 0.29) is 0 Å². The smallest absolute Gasteiger partial charge is 0.273 e. The number of hydrogen-bond donors (Lipinski definition) is 0. The molecular weight excluding hydrogens is 346 g/mol. The molecule has 5 rings (SSSR count). The normalized spacial score (nSPS) is 25.7. The first-order valence-corrected chi connectivity index (χ1v) is 11.2. The average Bonchev–Trinajstić information content (AvgIpc) is 3.36. The summed E-state index contributed by atoms with van der Waals surface area (Å²) in [5, 5.41) is 0.854. The number of Topliss-reactive ketones (excluding diaryl/α,β-unsaturated/α-hetero) is 1. The number of likely N-dealkylation sites (tertiary alicyclic amines) is 1. The van der Waals surface area contributed by atoms with Crippen LogP contribution < -0.4 is 4.74 Å². The largest absolute Gasteiger partial charge is 0.467 e. The minimum atomic E-state index is 0.325. The number of carbonyl (C=O) groups is 1. The molecule has 4 aliphatic rings. The number of piperidine rings is 1. The molecule has 2 saturated carbocycles. The first kappa shape index (κ1) is 17.1. The number of rotatable bonds is 6. The van der Waals surface area contributed by atoms with Gasteiger partial charge >= 0.3 is 0 Å². The van der Waals surface area contributed by atoms with Crippen LogP contribution in [0.2, 0.25) is 0 Å². The highest BCUT2D eigenvalue weighted by molar-refractivity contribution is 7.13. The van der Waals surface area contributed by atoms with Gasteiger partial charge in [0.2, 0.25) is 0 Å². The predicted octanol–water partition coefficient (Wildman–Crippen LogP) is 2.88. The van der Waals surface area contributed by atoms with Crippen LogP contribution in [0, 0.1) is 5.92 Å². The van der Waals surface area contributed by atoms with Gasteiger partial charge < -0.3 is 9.64 Å². The first-order chi connectivity index (χ1) is 12.7. The van der Waals surface area contributed by atoms with E-state index < -0.39 is 0 Å². The van der Waals surface area contributed by atoms with Crippen molar-refractivity contribution in [1.29, 1.82) is 0 Å². The fourth-order valence-electron chi connectivity index (χ4n) is 4.42. The molecule has 0 unspecified atom stereocenters. The molecule has 26 heavy (non-hydrogen) atoms. The van der Waals surface area contributed by atoms with E-state index in [9.17, 15) is 4.79 Å². The molecule has 2 aliphatic heterocycles. The molecule has 1 aromatic heterocycles. The Morgan fingerprint density at radius 3 is 2.62 bits per heavy atom. The molecule has 0 atom stereocenters. The summed E-state index contributed by atoms with van der Waals surface area (Å²) in [5.41, 5.74) is 1.20. The lowest BCUT2D eigenvalue weighted by Gasteiger charge is -2.41. The molecule has 3 heterocycles. The Bertz CT molecular complexity index is 660. The number of fused-ring (bicyclic) bond motifs is 1. The quantitative estimate of drug-likeness (QED) is 0.765. The van der Waals surface area contributed by atoms with Gasteiger partial charge in [-0.05, 0) is 38.5 Å². The summed E-state index contributed by atoms with van der Waals surface area (Å²) in [6, 6.07) is 0.854. The van der Waals surface area contributed by atoms with Gasteiger partial charge in [0, 0.05) is 49.4 Å². The highest BCUT2D eigenvalue weighted by Gasteiger charge is 2.32. The van der Waals surface area contributed by atoms with Crippen LogP contribution in [-0.2, 0) is 17.8 Å². The molecule has 0 N–H and O–H groups in total. The number of hydrogen-bond acceptors (Lipinski definition) is 6. The molecule has 142 valence electrons. The van der Waals surface area contributed by atoms with Crippen LogP contribution in [0.1, 0.15) is 55.5 Å². The maximum atomic E-state index is 12.1. The summed E-state index contributed by atoms with van der Waals surface area (Å²) in [6.45, 7) is 4.80. The summed E-state index contributed by atoms with van der Waals surface area (Å²) in [7, 11) is 0. The van der Waals surface area contributed by atoms with Crippen LogP contribution in [-0.4, -0.2) is 58.9 Å². The van der Waals surface area contributed by atoms with Crippen molar-refractivity contribution in [3.63, 3.8) is 0 Å². The van der Waals surface area contributed by atoms with Crippen LogP contribution in [0.15, 0.2) is 0 Å². The second kappa shape index (κ2) is 7.21. The molecule has 5 nitrogen and oxygen atoms in total. The molecule has 3 fully saturated rings. The van der Waals surface area contributed by atoms with Crippen molar-refractivity contribution in [2.24, 2.45) is 5.92 Å². The van der Waals surface area contributed by atoms with Gasteiger partial charge in [0.1, 0.15) is 11.9 Å². The SMILES string of the molecule is O=C(CN1CCc2nc(OC3CCN(C4CCC4)CC3)sc2C1)C1CC1. The third kappa shape index (κ3) is 3.69. The van der Waals surface area contributed by atoms with Crippen molar-refractivity contribution < 1.29 is 9.53 Å². The summed E-state index contributed by atoms with van der Waals surface area (Å²) < 4.78 is 6.25. The number of aromatic nitrogens is 1. The summed E-state index contributed by atoms with van der Waals surface area (Å²) in [6.07, 6.45) is 9.95. The standard InChI is InChI=1S/C20H29N3O2S/c24-18(14-4-5-14)12-22-9-8-17-19(13-22)26-20(21-17)25-16-6-10-23(11-7-16)15-2-1-3-15/h14-16H,1-13H2. The van der Waals surface area contributed by atoms with Crippen molar-refractivity contribution in [3.8, 4) is 5.19 Å². The first-order valence-electron chi connectivity index (χ1n) is 10.4. The van der Waals surface area contributed by atoms with E-state index in [0.717, 1.165) is 56.4 Å². The van der Waals surface area contributed by atoms with Gasteiger partial charge in [-0.1, -0.05) is 17.8 Å². The third-order valence-corrected chi connectivity index (χ3v) is 7.51. The lowest BCUT2D eigenvalue weighted by atomic mass is 9.90. The third-order valence-electron chi connectivity index (χ3n) is 6.54. The molecule has 0 aromatic carbocycles. The summed E-state index contributed by atoms with van der Waals surface area (Å²) in [4.78, 5) is 23.1. The van der Waals surface area contributed by atoms with Gasteiger partial charge in [-0.2, -0.15) is 0 Å². The lowest BCUT2D eigenvalue weighted by molar-refractivity contribution is -0.121. The molecule has 0 amide bonds. The van der Waals surface area contributed by atoms with E-state index in [2.05, 4.69) is 9.80 Å². The van der Waals surface area contributed by atoms with Crippen molar-refractivity contribution in [2.45, 2.75) is 70.1 Å². The van der Waals surface area contributed by atoms with Crippen molar-refractivity contribution >= 4 is 17.1 Å². The fraction of sp³-hybridized carbons (Fsp3) is 0.800. The minimum absolute atomic E-state index is 0.325. The molecule has 0 spiro atoms. The van der Waals surface area contributed by atoms with Crippen molar-refractivity contribution in [1.82, 2.24) is 14.8 Å². The molecular formula is C20H29N3O2S. The zero-order valence-electron chi connectivity index (χ0n) is 15.5. The average molecular weight is 376 g/mol. The Labute approximate surface area is 159 Å². The Morgan fingerprint density at radius 2 is 1.92 bits per heavy atom. The Morgan fingerprint density at radius 1 is 1.12 bits per heavy atom. The zero-order valence-corrected chi connectivity index (χ0v) is 16.3. The topological polar surface area (TPSA) is 45.7 Å². The zero-order chi connectivity index (χ0) is 17.5. The van der Waals surface area contributed by atoms with E-state index in [1.54, 1.807) is 11.3 Å². The Balaban J connectivity index is 1.13. The van der Waals surface area contributed by atoms with Crippen molar-refractivity contribution in [2.75, 3.05) is 26.2 Å². The van der Waals surface area contributed by atoms with Gasteiger partial charge in [-0.25, -0.2) is 4.98 Å². The van der Waals surface area contributed by atoms with Crippen LogP contribution in [0.25, 0.3) is 0 Å². The van der Waals surface area contributed by atoms with Crippen molar-refractivity contribution in [3.05, 3.63) is 10.6 Å². The Kier molecular flexibility index (Phi) is 4.75. The van der Waals surface area contributed by atoms with E-state index in [1.165, 1.54) is 42.9 Å². The maximum absolute atomic E-state index is 12.1. The molecule has 1 aromatic rings. The number of ketones is 1. The van der Waals surface area contributed by atoms with E-state index >= 15 is 0 Å². The predicted molar refractivity (Wildman–Crippen MR) is 102 cm³/mol. The summed E-state index contributed by atoms with van der Waals surface area (Å²) in [5.74, 6) is 0.801. The highest BCUT2D eigenvalue weighted by atomic mass is 32.1. The molecule has 2 aliphatic carbocycles. The molecule has 1 saturated heterocycles. The number of carbonyl (C=O) groups excluding carboxylic acids is 1.